The maximum Gasteiger partial charge on any atom is 0.133 e. The number of phenolic OH excluding ortho intramolecular Hbond substituents is 1. The standard InChI is InChI=1S/C14H19N3O/c1-2-11(15)6-8-17-14-13-9-12(18)4-3-10(13)5-7-16-14/h3-5,7,9,11,18H,2,6,8,15H2,1H3,(H,16,17). The zero-order valence-electron chi connectivity index (χ0n) is 10.6. The lowest BCUT2D eigenvalue weighted by molar-refractivity contribution is 0.476. The smallest absolute Gasteiger partial charge is 0.133 e. The van der Waals surface area contributed by atoms with E-state index < -0.39 is 0 Å². The predicted octanol–water partition coefficient (Wildman–Crippen LogP) is 2.48. The number of fused-ring (bicyclic) bond motifs is 1. The van der Waals surface area contributed by atoms with Crippen molar-refractivity contribution in [1.82, 2.24) is 4.98 Å². The van der Waals surface area contributed by atoms with Crippen LogP contribution in [0.25, 0.3) is 10.8 Å². The monoisotopic (exact) mass is 245 g/mol. The molecular weight excluding hydrogens is 226 g/mol. The lowest BCUT2D eigenvalue weighted by atomic mass is 10.1. The lowest BCUT2D eigenvalue weighted by Gasteiger charge is -2.11. The Morgan fingerprint density at radius 2 is 2.22 bits per heavy atom. The van der Waals surface area contributed by atoms with Crippen LogP contribution in [0.3, 0.4) is 0 Å². The fourth-order valence-corrected chi connectivity index (χ4v) is 1.88. The van der Waals surface area contributed by atoms with Crippen molar-refractivity contribution in [3.05, 3.63) is 30.5 Å². The third-order valence-electron chi connectivity index (χ3n) is 3.08. The molecule has 2 rings (SSSR count). The Balaban J connectivity index is 2.15. The molecule has 0 fully saturated rings. The average molecular weight is 245 g/mol. The van der Waals surface area contributed by atoms with Gasteiger partial charge >= 0.3 is 0 Å². The van der Waals surface area contributed by atoms with E-state index in [9.17, 15) is 5.11 Å². The number of hydrogen-bond acceptors (Lipinski definition) is 4. The molecule has 4 nitrogen and oxygen atoms in total. The van der Waals surface area contributed by atoms with Gasteiger partial charge in [0.1, 0.15) is 11.6 Å². The van der Waals surface area contributed by atoms with Gasteiger partial charge in [-0.3, -0.25) is 0 Å². The molecule has 0 saturated carbocycles. The minimum atomic E-state index is 0.223. The van der Waals surface area contributed by atoms with Crippen LogP contribution in [0.5, 0.6) is 5.75 Å². The maximum atomic E-state index is 9.53. The van der Waals surface area contributed by atoms with Gasteiger partial charge in [0.15, 0.2) is 0 Å². The number of pyridine rings is 1. The van der Waals surface area contributed by atoms with Crippen molar-refractivity contribution in [2.45, 2.75) is 25.8 Å². The van der Waals surface area contributed by atoms with Gasteiger partial charge in [-0.15, -0.1) is 0 Å². The fraction of sp³-hybridized carbons (Fsp3) is 0.357. The van der Waals surface area contributed by atoms with Gasteiger partial charge < -0.3 is 16.2 Å². The molecular formula is C14H19N3O. The van der Waals surface area contributed by atoms with Crippen LogP contribution in [0.4, 0.5) is 5.82 Å². The van der Waals surface area contributed by atoms with Crippen LogP contribution in [0, 0.1) is 0 Å². The zero-order valence-corrected chi connectivity index (χ0v) is 10.6. The first-order chi connectivity index (χ1) is 8.70. The Bertz CT molecular complexity index is 527. The summed E-state index contributed by atoms with van der Waals surface area (Å²) in [5.41, 5.74) is 5.87. The van der Waals surface area contributed by atoms with Gasteiger partial charge in [0, 0.05) is 24.2 Å². The van der Waals surface area contributed by atoms with Gasteiger partial charge in [0.05, 0.1) is 0 Å². The number of phenols is 1. The summed E-state index contributed by atoms with van der Waals surface area (Å²) in [5, 5.41) is 14.8. The molecule has 2 aromatic rings. The zero-order chi connectivity index (χ0) is 13.0. The van der Waals surface area contributed by atoms with Crippen molar-refractivity contribution < 1.29 is 5.11 Å². The molecule has 4 heteroatoms. The number of hydrogen-bond donors (Lipinski definition) is 3. The van der Waals surface area contributed by atoms with Crippen molar-refractivity contribution in [2.24, 2.45) is 5.73 Å². The number of nitrogens with zero attached hydrogens (tertiary/aromatic N) is 1. The molecule has 96 valence electrons. The van der Waals surface area contributed by atoms with Crippen LogP contribution in [0.1, 0.15) is 19.8 Å². The Morgan fingerprint density at radius 1 is 1.39 bits per heavy atom. The molecule has 0 aliphatic heterocycles. The van der Waals surface area contributed by atoms with Crippen molar-refractivity contribution in [3.8, 4) is 5.75 Å². The third-order valence-corrected chi connectivity index (χ3v) is 3.08. The second-order valence-electron chi connectivity index (χ2n) is 4.45. The van der Waals surface area contributed by atoms with Crippen LogP contribution < -0.4 is 11.1 Å². The van der Waals surface area contributed by atoms with Gasteiger partial charge in [-0.1, -0.05) is 13.0 Å². The first kappa shape index (κ1) is 12.6. The quantitative estimate of drug-likeness (QED) is 0.756. The number of nitrogens with two attached hydrogens (primary N) is 1. The minimum Gasteiger partial charge on any atom is -0.508 e. The van der Waals surface area contributed by atoms with E-state index in [4.69, 9.17) is 5.73 Å². The van der Waals surface area contributed by atoms with Gasteiger partial charge in [-0.2, -0.15) is 0 Å². The van der Waals surface area contributed by atoms with E-state index in [1.165, 1.54) is 0 Å². The first-order valence-corrected chi connectivity index (χ1v) is 6.28. The molecule has 0 radical (unpaired) electrons. The Labute approximate surface area is 107 Å². The summed E-state index contributed by atoms with van der Waals surface area (Å²) in [6.07, 6.45) is 3.65. The fourth-order valence-electron chi connectivity index (χ4n) is 1.88. The molecule has 0 amide bonds. The van der Waals surface area contributed by atoms with E-state index in [1.54, 1.807) is 18.3 Å². The van der Waals surface area contributed by atoms with Crippen LogP contribution in [-0.4, -0.2) is 22.7 Å². The summed E-state index contributed by atoms with van der Waals surface area (Å²) in [7, 11) is 0. The summed E-state index contributed by atoms with van der Waals surface area (Å²) in [6, 6.07) is 7.44. The van der Waals surface area contributed by atoms with Crippen molar-refractivity contribution in [3.63, 3.8) is 0 Å². The van der Waals surface area contributed by atoms with Gasteiger partial charge in [-0.05, 0) is 36.4 Å². The highest BCUT2D eigenvalue weighted by atomic mass is 16.3. The second-order valence-corrected chi connectivity index (χ2v) is 4.45. The number of aromatic hydroxyl groups is 1. The molecule has 0 aliphatic rings. The Hall–Kier alpha value is -1.81. The summed E-state index contributed by atoms with van der Waals surface area (Å²) in [4.78, 5) is 4.31. The number of aromatic nitrogens is 1. The van der Waals surface area contributed by atoms with E-state index in [0.29, 0.717) is 0 Å². The molecule has 0 bridgehead atoms. The van der Waals surface area contributed by atoms with E-state index in [-0.39, 0.29) is 11.8 Å². The van der Waals surface area contributed by atoms with Crippen molar-refractivity contribution in [1.29, 1.82) is 0 Å². The van der Waals surface area contributed by atoms with E-state index >= 15 is 0 Å². The average Bonchev–Trinajstić information content (AvgIpc) is 2.39. The lowest BCUT2D eigenvalue weighted by Crippen LogP contribution is -2.22. The molecule has 1 aromatic heterocycles. The van der Waals surface area contributed by atoms with Gasteiger partial charge in [-0.25, -0.2) is 4.98 Å². The molecule has 0 saturated heterocycles. The molecule has 1 atom stereocenters. The summed E-state index contributed by atoms with van der Waals surface area (Å²) in [5.74, 6) is 1.05. The van der Waals surface area contributed by atoms with Gasteiger partial charge in [0.2, 0.25) is 0 Å². The second kappa shape index (κ2) is 5.69. The molecule has 0 aliphatic carbocycles. The molecule has 0 spiro atoms. The van der Waals surface area contributed by atoms with Crippen LogP contribution >= 0.6 is 0 Å². The number of nitrogens with one attached hydrogen (secondary N) is 1. The van der Waals surface area contributed by atoms with Crippen LogP contribution in [0.2, 0.25) is 0 Å². The molecule has 18 heavy (non-hydrogen) atoms. The van der Waals surface area contributed by atoms with Crippen molar-refractivity contribution >= 4 is 16.6 Å². The van der Waals surface area contributed by atoms with Crippen molar-refractivity contribution in [2.75, 3.05) is 11.9 Å². The minimum absolute atomic E-state index is 0.223. The Morgan fingerprint density at radius 3 is 3.00 bits per heavy atom. The predicted molar refractivity (Wildman–Crippen MR) is 74.8 cm³/mol. The summed E-state index contributed by atoms with van der Waals surface area (Å²) < 4.78 is 0. The molecule has 1 heterocycles. The summed E-state index contributed by atoms with van der Waals surface area (Å²) in [6.45, 7) is 2.87. The topological polar surface area (TPSA) is 71.2 Å². The Kier molecular flexibility index (Phi) is 3.99. The van der Waals surface area contributed by atoms with E-state index in [1.807, 2.05) is 12.1 Å². The van der Waals surface area contributed by atoms with E-state index in [0.717, 1.165) is 36.0 Å². The SMILES string of the molecule is CCC(N)CCNc1nccc2ccc(O)cc12. The number of benzene rings is 1. The largest absolute Gasteiger partial charge is 0.508 e. The molecule has 1 unspecified atom stereocenters. The summed E-state index contributed by atoms with van der Waals surface area (Å²) >= 11 is 0. The number of anilines is 1. The molecule has 1 aromatic carbocycles. The number of rotatable bonds is 5. The van der Waals surface area contributed by atoms with Gasteiger partial charge in [0.25, 0.3) is 0 Å². The van der Waals surface area contributed by atoms with Crippen LogP contribution in [-0.2, 0) is 0 Å². The molecule has 4 N–H and O–H groups in total. The van der Waals surface area contributed by atoms with E-state index in [2.05, 4.69) is 17.2 Å². The highest BCUT2D eigenvalue weighted by Gasteiger charge is 2.04. The normalized spacial score (nSPS) is 12.6. The highest BCUT2D eigenvalue weighted by molar-refractivity contribution is 5.92. The highest BCUT2D eigenvalue weighted by Crippen LogP contribution is 2.24. The maximum absolute atomic E-state index is 9.53. The third kappa shape index (κ3) is 2.90. The first-order valence-electron chi connectivity index (χ1n) is 6.28. The van der Waals surface area contributed by atoms with Crippen LogP contribution in [0.15, 0.2) is 30.5 Å².